The molecule has 3 nitrogen and oxygen atoms in total. The van der Waals surface area contributed by atoms with E-state index in [0.717, 1.165) is 12.1 Å². The summed E-state index contributed by atoms with van der Waals surface area (Å²) in [6.45, 7) is 3.94. The van der Waals surface area contributed by atoms with E-state index in [1.165, 1.54) is 5.56 Å². The number of fused-ring (bicyclic) bond motifs is 1. The standard InChI is InChI=1S/C12H16N2O/c1-8(2)13-12(15)11-7-9-5-3-4-6-10(9)14-11/h3-6,8,11,14H,7H2,1-2H3,(H,13,15). The molecule has 0 fully saturated rings. The maximum Gasteiger partial charge on any atom is 0.243 e. The van der Waals surface area contributed by atoms with E-state index in [0.29, 0.717) is 0 Å². The van der Waals surface area contributed by atoms with Crippen molar-refractivity contribution in [3.8, 4) is 0 Å². The van der Waals surface area contributed by atoms with Crippen molar-refractivity contribution in [2.75, 3.05) is 5.32 Å². The Kier molecular flexibility index (Phi) is 2.62. The van der Waals surface area contributed by atoms with Crippen molar-refractivity contribution in [2.24, 2.45) is 0 Å². The van der Waals surface area contributed by atoms with Crippen LogP contribution < -0.4 is 10.6 Å². The molecule has 2 N–H and O–H groups in total. The van der Waals surface area contributed by atoms with E-state index >= 15 is 0 Å². The molecule has 0 spiro atoms. The Morgan fingerprint density at radius 2 is 2.20 bits per heavy atom. The van der Waals surface area contributed by atoms with Crippen LogP contribution in [0.25, 0.3) is 0 Å². The monoisotopic (exact) mass is 204 g/mol. The molecule has 0 bridgehead atoms. The summed E-state index contributed by atoms with van der Waals surface area (Å²) in [4.78, 5) is 11.8. The van der Waals surface area contributed by atoms with Crippen LogP contribution in [0.3, 0.4) is 0 Å². The molecular weight excluding hydrogens is 188 g/mol. The van der Waals surface area contributed by atoms with Crippen molar-refractivity contribution < 1.29 is 4.79 Å². The van der Waals surface area contributed by atoms with Crippen LogP contribution in [0.2, 0.25) is 0 Å². The molecule has 0 saturated heterocycles. The Balaban J connectivity index is 2.04. The summed E-state index contributed by atoms with van der Waals surface area (Å²) in [5, 5.41) is 6.15. The summed E-state index contributed by atoms with van der Waals surface area (Å²) in [6, 6.07) is 8.15. The zero-order valence-electron chi connectivity index (χ0n) is 9.08. The zero-order valence-corrected chi connectivity index (χ0v) is 9.08. The topological polar surface area (TPSA) is 41.1 Å². The van der Waals surface area contributed by atoms with Crippen LogP contribution in [0, 0.1) is 0 Å². The number of hydrogen-bond acceptors (Lipinski definition) is 2. The van der Waals surface area contributed by atoms with Crippen molar-refractivity contribution in [3.05, 3.63) is 29.8 Å². The van der Waals surface area contributed by atoms with Gasteiger partial charge >= 0.3 is 0 Å². The number of benzene rings is 1. The number of rotatable bonds is 2. The smallest absolute Gasteiger partial charge is 0.243 e. The van der Waals surface area contributed by atoms with Crippen LogP contribution in [0.15, 0.2) is 24.3 Å². The lowest BCUT2D eigenvalue weighted by Crippen LogP contribution is -2.41. The van der Waals surface area contributed by atoms with Gasteiger partial charge in [-0.3, -0.25) is 4.79 Å². The SMILES string of the molecule is CC(C)NC(=O)C1Cc2ccccc2N1. The van der Waals surface area contributed by atoms with Gasteiger partial charge in [-0.1, -0.05) is 18.2 Å². The molecule has 1 atom stereocenters. The third kappa shape index (κ3) is 2.12. The van der Waals surface area contributed by atoms with Gasteiger partial charge in [0, 0.05) is 18.2 Å². The average Bonchev–Trinajstić information content (AvgIpc) is 2.59. The van der Waals surface area contributed by atoms with Gasteiger partial charge in [-0.2, -0.15) is 0 Å². The van der Waals surface area contributed by atoms with Crippen molar-refractivity contribution in [3.63, 3.8) is 0 Å². The maximum atomic E-state index is 11.8. The largest absolute Gasteiger partial charge is 0.373 e. The molecule has 1 aliphatic rings. The first-order chi connectivity index (χ1) is 7.16. The van der Waals surface area contributed by atoms with Crippen LogP contribution in [0.1, 0.15) is 19.4 Å². The van der Waals surface area contributed by atoms with Gasteiger partial charge in [0.25, 0.3) is 0 Å². The minimum atomic E-state index is -0.107. The number of para-hydroxylation sites is 1. The number of carbonyl (C=O) groups is 1. The van der Waals surface area contributed by atoms with Crippen molar-refractivity contribution in [2.45, 2.75) is 32.4 Å². The molecule has 0 aromatic heterocycles. The Labute approximate surface area is 89.9 Å². The molecule has 15 heavy (non-hydrogen) atoms. The van der Waals surface area contributed by atoms with E-state index in [4.69, 9.17) is 0 Å². The fourth-order valence-corrected chi connectivity index (χ4v) is 1.84. The Morgan fingerprint density at radius 3 is 2.87 bits per heavy atom. The van der Waals surface area contributed by atoms with Gasteiger partial charge in [0.15, 0.2) is 0 Å². The molecule has 1 unspecified atom stereocenters. The van der Waals surface area contributed by atoms with E-state index in [1.807, 2.05) is 32.0 Å². The van der Waals surface area contributed by atoms with E-state index in [9.17, 15) is 4.79 Å². The van der Waals surface area contributed by atoms with Crippen LogP contribution in [-0.4, -0.2) is 18.0 Å². The number of anilines is 1. The Morgan fingerprint density at radius 1 is 1.47 bits per heavy atom. The third-order valence-corrected chi connectivity index (χ3v) is 2.52. The summed E-state index contributed by atoms with van der Waals surface area (Å²) >= 11 is 0. The first kappa shape index (κ1) is 10.0. The average molecular weight is 204 g/mol. The summed E-state index contributed by atoms with van der Waals surface area (Å²) in [6.07, 6.45) is 0.786. The summed E-state index contributed by atoms with van der Waals surface area (Å²) < 4.78 is 0. The summed E-state index contributed by atoms with van der Waals surface area (Å²) in [5.74, 6) is 0.0844. The quantitative estimate of drug-likeness (QED) is 0.767. The van der Waals surface area contributed by atoms with Gasteiger partial charge in [-0.25, -0.2) is 0 Å². The number of carbonyl (C=O) groups excluding carboxylic acids is 1. The van der Waals surface area contributed by atoms with Crippen molar-refractivity contribution in [1.82, 2.24) is 5.32 Å². The molecule has 1 aromatic rings. The van der Waals surface area contributed by atoms with E-state index in [-0.39, 0.29) is 18.0 Å². The van der Waals surface area contributed by atoms with Crippen LogP contribution in [0.5, 0.6) is 0 Å². The molecule has 2 rings (SSSR count). The fourth-order valence-electron chi connectivity index (χ4n) is 1.84. The highest BCUT2D eigenvalue weighted by atomic mass is 16.2. The van der Waals surface area contributed by atoms with Gasteiger partial charge in [0.1, 0.15) is 6.04 Å². The molecule has 1 aliphatic heterocycles. The first-order valence-electron chi connectivity index (χ1n) is 5.31. The minimum absolute atomic E-state index is 0.0844. The fraction of sp³-hybridized carbons (Fsp3) is 0.417. The van der Waals surface area contributed by atoms with E-state index < -0.39 is 0 Å². The maximum absolute atomic E-state index is 11.8. The second-order valence-corrected chi connectivity index (χ2v) is 4.22. The number of amides is 1. The molecule has 1 aromatic carbocycles. The second kappa shape index (κ2) is 3.93. The highest BCUT2D eigenvalue weighted by Gasteiger charge is 2.26. The molecule has 1 heterocycles. The van der Waals surface area contributed by atoms with Gasteiger partial charge in [-0.15, -0.1) is 0 Å². The number of nitrogens with one attached hydrogen (secondary N) is 2. The zero-order chi connectivity index (χ0) is 10.8. The predicted molar refractivity (Wildman–Crippen MR) is 60.8 cm³/mol. The van der Waals surface area contributed by atoms with Gasteiger partial charge in [0.05, 0.1) is 0 Å². The molecule has 3 heteroatoms. The first-order valence-corrected chi connectivity index (χ1v) is 5.31. The highest BCUT2D eigenvalue weighted by molar-refractivity contribution is 5.87. The predicted octanol–water partition coefficient (Wildman–Crippen LogP) is 1.55. The Hall–Kier alpha value is -1.51. The third-order valence-electron chi connectivity index (χ3n) is 2.52. The molecule has 1 amide bonds. The van der Waals surface area contributed by atoms with Gasteiger partial charge < -0.3 is 10.6 Å². The van der Waals surface area contributed by atoms with Crippen molar-refractivity contribution in [1.29, 1.82) is 0 Å². The molecule has 0 aliphatic carbocycles. The highest BCUT2D eigenvalue weighted by Crippen LogP contribution is 2.24. The minimum Gasteiger partial charge on any atom is -0.373 e. The normalized spacial score (nSPS) is 18.5. The molecule has 0 radical (unpaired) electrons. The van der Waals surface area contributed by atoms with Gasteiger partial charge in [0.2, 0.25) is 5.91 Å². The second-order valence-electron chi connectivity index (χ2n) is 4.22. The summed E-state index contributed by atoms with van der Waals surface area (Å²) in [5.41, 5.74) is 2.31. The van der Waals surface area contributed by atoms with Crippen molar-refractivity contribution >= 4 is 11.6 Å². The molecule has 80 valence electrons. The lowest BCUT2D eigenvalue weighted by Gasteiger charge is -2.14. The molecular formula is C12H16N2O. The van der Waals surface area contributed by atoms with Crippen LogP contribution >= 0.6 is 0 Å². The van der Waals surface area contributed by atoms with Crippen LogP contribution in [0.4, 0.5) is 5.69 Å². The van der Waals surface area contributed by atoms with E-state index in [1.54, 1.807) is 0 Å². The van der Waals surface area contributed by atoms with E-state index in [2.05, 4.69) is 16.7 Å². The Bertz CT molecular complexity index is 349. The number of hydrogen-bond donors (Lipinski definition) is 2. The van der Waals surface area contributed by atoms with Gasteiger partial charge in [-0.05, 0) is 25.5 Å². The molecule has 0 saturated carbocycles. The lowest BCUT2D eigenvalue weighted by molar-refractivity contribution is -0.122. The lowest BCUT2D eigenvalue weighted by atomic mass is 10.1. The van der Waals surface area contributed by atoms with Crippen LogP contribution in [-0.2, 0) is 11.2 Å². The summed E-state index contributed by atoms with van der Waals surface area (Å²) in [7, 11) is 0.